The minimum Gasteiger partial charge on any atom is -0.326 e. The Balaban J connectivity index is 1.69. The van der Waals surface area contributed by atoms with E-state index in [-0.39, 0.29) is 0 Å². The minimum atomic E-state index is 0.411. The SMILES string of the molecule is CC1CCC(N)C(N2CC3CCCCN3CC2C)C1. The van der Waals surface area contributed by atoms with Crippen LogP contribution in [0, 0.1) is 5.92 Å². The van der Waals surface area contributed by atoms with E-state index in [2.05, 4.69) is 23.6 Å². The Morgan fingerprint density at radius 1 is 1.00 bits per heavy atom. The summed E-state index contributed by atoms with van der Waals surface area (Å²) >= 11 is 0. The Hall–Kier alpha value is -0.120. The quantitative estimate of drug-likeness (QED) is 0.788. The second kappa shape index (κ2) is 5.71. The van der Waals surface area contributed by atoms with Gasteiger partial charge in [0, 0.05) is 37.3 Å². The molecular weight excluding hydrogens is 234 g/mol. The molecular formula is C16H31N3. The second-order valence-corrected chi connectivity index (χ2v) is 7.34. The van der Waals surface area contributed by atoms with Gasteiger partial charge in [-0.1, -0.05) is 13.3 Å². The van der Waals surface area contributed by atoms with Gasteiger partial charge in [0.15, 0.2) is 0 Å². The lowest BCUT2D eigenvalue weighted by atomic mass is 9.81. The molecule has 1 saturated carbocycles. The van der Waals surface area contributed by atoms with E-state index in [0.29, 0.717) is 18.1 Å². The van der Waals surface area contributed by atoms with Gasteiger partial charge >= 0.3 is 0 Å². The number of fused-ring (bicyclic) bond motifs is 1. The zero-order valence-corrected chi connectivity index (χ0v) is 12.7. The van der Waals surface area contributed by atoms with Crippen LogP contribution in [0.25, 0.3) is 0 Å². The molecule has 2 aliphatic heterocycles. The number of nitrogens with zero attached hydrogens (tertiary/aromatic N) is 2. The van der Waals surface area contributed by atoms with Crippen LogP contribution in [0.2, 0.25) is 0 Å². The maximum atomic E-state index is 6.45. The van der Waals surface area contributed by atoms with Gasteiger partial charge in [0.2, 0.25) is 0 Å². The molecule has 19 heavy (non-hydrogen) atoms. The highest BCUT2D eigenvalue weighted by atomic mass is 15.3. The fourth-order valence-corrected chi connectivity index (χ4v) is 4.59. The first-order chi connectivity index (χ1) is 9.15. The number of piperidine rings is 1. The summed E-state index contributed by atoms with van der Waals surface area (Å²) in [7, 11) is 0. The first kappa shape index (κ1) is 13.8. The maximum Gasteiger partial charge on any atom is 0.0253 e. The molecule has 3 aliphatic rings. The minimum absolute atomic E-state index is 0.411. The molecule has 0 aromatic rings. The Labute approximate surface area is 118 Å². The zero-order chi connectivity index (χ0) is 13.4. The van der Waals surface area contributed by atoms with Gasteiger partial charge in [0.1, 0.15) is 0 Å². The largest absolute Gasteiger partial charge is 0.326 e. The van der Waals surface area contributed by atoms with Crippen molar-refractivity contribution < 1.29 is 0 Å². The molecule has 0 aromatic carbocycles. The molecule has 3 rings (SSSR count). The van der Waals surface area contributed by atoms with E-state index < -0.39 is 0 Å². The number of piperazine rings is 1. The monoisotopic (exact) mass is 265 g/mol. The molecule has 5 unspecified atom stereocenters. The van der Waals surface area contributed by atoms with Crippen LogP contribution in [0.5, 0.6) is 0 Å². The van der Waals surface area contributed by atoms with Crippen molar-refractivity contribution in [1.82, 2.24) is 9.80 Å². The van der Waals surface area contributed by atoms with Crippen LogP contribution in [-0.4, -0.2) is 53.6 Å². The van der Waals surface area contributed by atoms with E-state index in [4.69, 9.17) is 5.73 Å². The number of rotatable bonds is 1. The van der Waals surface area contributed by atoms with Crippen molar-refractivity contribution in [3.63, 3.8) is 0 Å². The third kappa shape index (κ3) is 2.84. The Kier molecular flexibility index (Phi) is 4.16. The van der Waals surface area contributed by atoms with Crippen LogP contribution in [0.15, 0.2) is 0 Å². The smallest absolute Gasteiger partial charge is 0.0253 e. The number of nitrogens with two attached hydrogens (primary N) is 1. The van der Waals surface area contributed by atoms with Crippen molar-refractivity contribution in [2.45, 2.75) is 76.5 Å². The van der Waals surface area contributed by atoms with Gasteiger partial charge in [-0.25, -0.2) is 0 Å². The number of hydrogen-bond donors (Lipinski definition) is 1. The van der Waals surface area contributed by atoms with Gasteiger partial charge in [-0.05, 0) is 51.5 Å². The number of hydrogen-bond acceptors (Lipinski definition) is 3. The van der Waals surface area contributed by atoms with E-state index >= 15 is 0 Å². The predicted molar refractivity (Wildman–Crippen MR) is 80.2 cm³/mol. The van der Waals surface area contributed by atoms with Crippen LogP contribution in [-0.2, 0) is 0 Å². The molecule has 2 saturated heterocycles. The fourth-order valence-electron chi connectivity index (χ4n) is 4.59. The molecule has 0 amide bonds. The summed E-state index contributed by atoms with van der Waals surface area (Å²) in [4.78, 5) is 5.51. The van der Waals surface area contributed by atoms with E-state index in [1.54, 1.807) is 0 Å². The molecule has 2 heterocycles. The topological polar surface area (TPSA) is 32.5 Å². The van der Waals surface area contributed by atoms with Gasteiger partial charge in [-0.3, -0.25) is 9.80 Å². The van der Waals surface area contributed by atoms with Crippen LogP contribution >= 0.6 is 0 Å². The highest BCUT2D eigenvalue weighted by Crippen LogP contribution is 2.32. The summed E-state index contributed by atoms with van der Waals surface area (Å²) in [5, 5.41) is 0. The summed E-state index contributed by atoms with van der Waals surface area (Å²) in [6.45, 7) is 8.68. The summed E-state index contributed by atoms with van der Waals surface area (Å²) < 4.78 is 0. The van der Waals surface area contributed by atoms with Crippen LogP contribution in [0.4, 0.5) is 0 Å². The molecule has 0 bridgehead atoms. The first-order valence-electron chi connectivity index (χ1n) is 8.40. The first-order valence-corrected chi connectivity index (χ1v) is 8.40. The lowest BCUT2D eigenvalue weighted by molar-refractivity contribution is -0.0255. The Morgan fingerprint density at radius 2 is 1.84 bits per heavy atom. The summed E-state index contributed by atoms with van der Waals surface area (Å²) in [5.41, 5.74) is 6.45. The van der Waals surface area contributed by atoms with Crippen molar-refractivity contribution in [2.75, 3.05) is 19.6 Å². The predicted octanol–water partition coefficient (Wildman–Crippen LogP) is 2.06. The molecule has 3 heteroatoms. The Bertz CT molecular complexity index is 306. The van der Waals surface area contributed by atoms with Gasteiger partial charge in [0.05, 0.1) is 0 Å². The lowest BCUT2D eigenvalue weighted by Crippen LogP contribution is -2.64. The van der Waals surface area contributed by atoms with Gasteiger partial charge in [0.25, 0.3) is 0 Å². The molecule has 110 valence electrons. The third-order valence-corrected chi connectivity index (χ3v) is 5.79. The van der Waals surface area contributed by atoms with Crippen molar-refractivity contribution in [3.8, 4) is 0 Å². The van der Waals surface area contributed by atoms with Crippen LogP contribution in [0.3, 0.4) is 0 Å². The molecule has 5 atom stereocenters. The van der Waals surface area contributed by atoms with Crippen LogP contribution in [0.1, 0.15) is 52.4 Å². The van der Waals surface area contributed by atoms with Crippen molar-refractivity contribution in [3.05, 3.63) is 0 Å². The molecule has 0 aromatic heterocycles. The Morgan fingerprint density at radius 3 is 2.68 bits per heavy atom. The molecule has 0 radical (unpaired) electrons. The van der Waals surface area contributed by atoms with Crippen molar-refractivity contribution in [1.29, 1.82) is 0 Å². The molecule has 2 N–H and O–H groups in total. The van der Waals surface area contributed by atoms with E-state index in [0.717, 1.165) is 12.0 Å². The third-order valence-electron chi connectivity index (χ3n) is 5.79. The molecule has 3 nitrogen and oxygen atoms in total. The van der Waals surface area contributed by atoms with Gasteiger partial charge in [-0.15, -0.1) is 0 Å². The molecule has 0 spiro atoms. The summed E-state index contributed by atoms with van der Waals surface area (Å²) in [5.74, 6) is 0.862. The molecule has 3 fully saturated rings. The highest BCUT2D eigenvalue weighted by Gasteiger charge is 2.39. The highest BCUT2D eigenvalue weighted by molar-refractivity contribution is 4.96. The fraction of sp³-hybridized carbons (Fsp3) is 1.00. The zero-order valence-electron chi connectivity index (χ0n) is 12.7. The van der Waals surface area contributed by atoms with Crippen molar-refractivity contribution in [2.24, 2.45) is 11.7 Å². The summed E-state index contributed by atoms with van der Waals surface area (Å²) in [6.07, 6.45) is 8.11. The van der Waals surface area contributed by atoms with E-state index in [1.165, 1.54) is 58.2 Å². The lowest BCUT2D eigenvalue weighted by Gasteiger charge is -2.52. The maximum absolute atomic E-state index is 6.45. The molecule has 1 aliphatic carbocycles. The average Bonchev–Trinajstić information content (AvgIpc) is 2.41. The van der Waals surface area contributed by atoms with E-state index in [1.807, 2.05) is 0 Å². The summed E-state index contributed by atoms with van der Waals surface area (Å²) in [6, 6.07) is 2.56. The van der Waals surface area contributed by atoms with Gasteiger partial charge in [-0.2, -0.15) is 0 Å². The second-order valence-electron chi connectivity index (χ2n) is 7.34. The van der Waals surface area contributed by atoms with E-state index in [9.17, 15) is 0 Å². The van der Waals surface area contributed by atoms with Crippen molar-refractivity contribution >= 4 is 0 Å². The van der Waals surface area contributed by atoms with Crippen LogP contribution < -0.4 is 5.73 Å². The van der Waals surface area contributed by atoms with Gasteiger partial charge < -0.3 is 5.73 Å². The average molecular weight is 265 g/mol. The normalized spacial score (nSPS) is 45.9. The standard InChI is InChI=1S/C16H31N3/c1-12-6-7-15(17)16(9-12)19-11-14-5-3-4-8-18(14)10-13(19)2/h12-16H,3-11,17H2,1-2H3.